The van der Waals surface area contributed by atoms with Crippen LogP contribution in [-0.2, 0) is 12.7 Å². The molecule has 0 spiro atoms. The van der Waals surface area contributed by atoms with E-state index in [1.807, 2.05) is 5.32 Å². The summed E-state index contributed by atoms with van der Waals surface area (Å²) in [4.78, 5) is 26.3. The van der Waals surface area contributed by atoms with Crippen LogP contribution in [0.4, 0.5) is 26.3 Å². The topological polar surface area (TPSA) is 77.1 Å². The van der Waals surface area contributed by atoms with Gasteiger partial charge in [0, 0.05) is 29.3 Å². The lowest BCUT2D eigenvalue weighted by Gasteiger charge is -2.23. The van der Waals surface area contributed by atoms with Crippen LogP contribution >= 0.6 is 23.8 Å². The monoisotopic (exact) mass is 589 g/mol. The molecule has 4 rings (SSSR count). The summed E-state index contributed by atoms with van der Waals surface area (Å²) >= 11 is 11.4. The first-order valence-corrected chi connectivity index (χ1v) is 12.6. The number of benzene rings is 2. The van der Waals surface area contributed by atoms with Crippen LogP contribution in [0.15, 0.2) is 42.5 Å². The van der Waals surface area contributed by atoms with E-state index in [4.69, 9.17) is 29.6 Å². The number of nitrogens with zero attached hydrogens (tertiary/aromatic N) is 1. The van der Waals surface area contributed by atoms with Crippen LogP contribution in [0.2, 0.25) is 5.02 Å². The van der Waals surface area contributed by atoms with E-state index >= 15 is 0 Å². The number of hydrogen-bond donors (Lipinski definition) is 2. The standard InChI is InChI=1S/C26H22ClF6N3O2S/c1-2-36-18-11-17(27)16(20(37)12-24(6-7-24)23(34)39)9-14(18)10-19(36)22(38)35-21(26(31,32)33)13-4-3-5-15(8-13)25(28,29)30/h3-5,8-11,21H,2,6-7,12H2,1H3,(H2,34,39)(H,35,38). The highest BCUT2D eigenvalue weighted by Gasteiger charge is 2.47. The molecule has 1 aliphatic rings. The Bertz CT molecular complexity index is 1480. The first-order valence-electron chi connectivity index (χ1n) is 11.8. The first-order chi connectivity index (χ1) is 18.1. The molecule has 13 heteroatoms. The Kier molecular flexibility index (Phi) is 7.50. The van der Waals surface area contributed by atoms with Crippen LogP contribution in [0, 0.1) is 5.41 Å². The maximum Gasteiger partial charge on any atom is 0.416 e. The number of carbonyl (C=O) groups is 2. The maximum atomic E-state index is 13.9. The number of carbonyl (C=O) groups excluding carboxylic acids is 2. The summed E-state index contributed by atoms with van der Waals surface area (Å²) in [6, 6.07) is 4.20. The number of thiocarbonyl (C=S) groups is 1. The largest absolute Gasteiger partial charge is 0.416 e. The van der Waals surface area contributed by atoms with E-state index in [9.17, 15) is 35.9 Å². The van der Waals surface area contributed by atoms with Gasteiger partial charge in [0.25, 0.3) is 5.91 Å². The zero-order valence-electron chi connectivity index (χ0n) is 20.3. The van der Waals surface area contributed by atoms with Gasteiger partial charge in [-0.3, -0.25) is 9.59 Å². The Morgan fingerprint density at radius 1 is 1.13 bits per heavy atom. The van der Waals surface area contributed by atoms with Crippen molar-refractivity contribution in [1.29, 1.82) is 0 Å². The fraction of sp³-hybridized carbons (Fsp3) is 0.346. The van der Waals surface area contributed by atoms with E-state index in [0.29, 0.717) is 35.9 Å². The fourth-order valence-electron chi connectivity index (χ4n) is 4.54. The van der Waals surface area contributed by atoms with E-state index in [1.165, 1.54) is 22.8 Å². The van der Waals surface area contributed by atoms with Crippen LogP contribution in [0.25, 0.3) is 10.9 Å². The van der Waals surface area contributed by atoms with Crippen LogP contribution in [0.1, 0.15) is 64.2 Å². The summed E-state index contributed by atoms with van der Waals surface area (Å²) in [5.74, 6) is -1.48. The van der Waals surface area contributed by atoms with Crippen molar-refractivity contribution in [2.24, 2.45) is 11.1 Å². The van der Waals surface area contributed by atoms with Gasteiger partial charge in [-0.2, -0.15) is 26.3 Å². The minimum Gasteiger partial charge on any atom is -0.393 e. The van der Waals surface area contributed by atoms with Gasteiger partial charge in [-0.25, -0.2) is 0 Å². The van der Waals surface area contributed by atoms with Crippen molar-refractivity contribution in [3.8, 4) is 0 Å². The predicted molar refractivity (Wildman–Crippen MR) is 138 cm³/mol. The molecule has 1 fully saturated rings. The van der Waals surface area contributed by atoms with Crippen molar-refractivity contribution in [2.45, 2.75) is 51.1 Å². The molecule has 0 bridgehead atoms. The second-order valence-corrected chi connectivity index (χ2v) is 10.3. The maximum absolute atomic E-state index is 13.9. The SMILES string of the molecule is CCn1c(C(=O)NC(c2cccc(C(F)(F)F)c2)C(F)(F)F)cc2cc(C(=O)CC3(C(N)=S)CC3)c(Cl)cc21. The smallest absolute Gasteiger partial charge is 0.393 e. The van der Waals surface area contributed by atoms with Crippen LogP contribution < -0.4 is 11.1 Å². The molecule has 1 aliphatic carbocycles. The van der Waals surface area contributed by atoms with Gasteiger partial charge in [-0.15, -0.1) is 0 Å². The Balaban J connectivity index is 1.69. The number of alkyl halides is 6. The molecular formula is C26H22ClF6N3O2S. The van der Waals surface area contributed by atoms with Crippen molar-refractivity contribution in [3.05, 3.63) is 69.9 Å². The third-order valence-electron chi connectivity index (χ3n) is 6.86. The van der Waals surface area contributed by atoms with Gasteiger partial charge >= 0.3 is 12.4 Å². The van der Waals surface area contributed by atoms with Gasteiger partial charge in [0.15, 0.2) is 11.8 Å². The van der Waals surface area contributed by atoms with Gasteiger partial charge < -0.3 is 15.6 Å². The molecule has 1 saturated carbocycles. The number of amides is 1. The van der Waals surface area contributed by atoms with Crippen LogP contribution in [-0.4, -0.2) is 27.4 Å². The average Bonchev–Trinajstić information content (AvgIpc) is 3.54. The number of ketones is 1. The van der Waals surface area contributed by atoms with E-state index in [-0.39, 0.29) is 40.0 Å². The predicted octanol–water partition coefficient (Wildman–Crippen LogP) is 7.01. The quantitative estimate of drug-likeness (QED) is 0.168. The van der Waals surface area contributed by atoms with Crippen LogP contribution in [0.3, 0.4) is 0 Å². The highest BCUT2D eigenvalue weighted by atomic mass is 35.5. The molecule has 5 nitrogen and oxygen atoms in total. The van der Waals surface area contributed by atoms with E-state index in [1.54, 1.807) is 6.92 Å². The normalized spacial score (nSPS) is 15.7. The Labute approximate surface area is 229 Å². The summed E-state index contributed by atoms with van der Waals surface area (Å²) in [6.45, 7) is 1.80. The number of rotatable bonds is 8. The number of fused-ring (bicyclic) bond motifs is 1. The van der Waals surface area contributed by atoms with Crippen molar-refractivity contribution in [1.82, 2.24) is 9.88 Å². The number of aryl methyl sites for hydroxylation is 1. The minimum atomic E-state index is -5.09. The van der Waals surface area contributed by atoms with Crippen molar-refractivity contribution in [2.75, 3.05) is 0 Å². The zero-order valence-corrected chi connectivity index (χ0v) is 21.9. The number of nitrogens with one attached hydrogen (secondary N) is 1. The molecule has 1 unspecified atom stereocenters. The molecular weight excluding hydrogens is 568 g/mol. The molecule has 1 aromatic heterocycles. The fourth-order valence-corrected chi connectivity index (χ4v) is 5.08. The van der Waals surface area contributed by atoms with Crippen molar-refractivity contribution in [3.63, 3.8) is 0 Å². The summed E-state index contributed by atoms with van der Waals surface area (Å²) in [6.07, 6.45) is -8.55. The minimum absolute atomic E-state index is 0.0552. The number of aromatic nitrogens is 1. The summed E-state index contributed by atoms with van der Waals surface area (Å²) in [5, 5.41) is 2.29. The molecule has 3 N–H and O–H groups in total. The van der Waals surface area contributed by atoms with Gasteiger partial charge in [0.2, 0.25) is 0 Å². The summed E-state index contributed by atoms with van der Waals surface area (Å²) in [5.41, 5.74) is 3.53. The van der Waals surface area contributed by atoms with Crippen molar-refractivity contribution < 1.29 is 35.9 Å². The van der Waals surface area contributed by atoms with Gasteiger partial charge in [-0.1, -0.05) is 36.0 Å². The first kappa shape index (κ1) is 28.9. The van der Waals surface area contributed by atoms with E-state index < -0.39 is 40.8 Å². The highest BCUT2D eigenvalue weighted by Crippen LogP contribution is 2.50. The second-order valence-electron chi connectivity index (χ2n) is 9.48. The number of nitrogens with two attached hydrogens (primary N) is 1. The van der Waals surface area contributed by atoms with Gasteiger partial charge in [0.1, 0.15) is 5.69 Å². The molecule has 1 heterocycles. The zero-order chi connectivity index (χ0) is 28.9. The molecule has 3 aromatic rings. The molecule has 1 atom stereocenters. The van der Waals surface area contributed by atoms with Gasteiger partial charge in [0.05, 0.1) is 21.1 Å². The number of Topliss-reactive ketones (excluding diaryl/α,β-unsaturated/α-hetero) is 1. The lowest BCUT2D eigenvalue weighted by Crippen LogP contribution is -2.39. The number of hydrogen-bond acceptors (Lipinski definition) is 3. The third-order valence-corrected chi connectivity index (χ3v) is 7.61. The Morgan fingerprint density at radius 3 is 2.33 bits per heavy atom. The van der Waals surface area contributed by atoms with Crippen LogP contribution in [0.5, 0.6) is 0 Å². The molecule has 0 aliphatic heterocycles. The molecule has 1 amide bonds. The summed E-state index contributed by atoms with van der Waals surface area (Å²) < 4.78 is 82.5. The number of halogens is 7. The molecule has 2 aromatic carbocycles. The van der Waals surface area contributed by atoms with E-state index in [2.05, 4.69) is 0 Å². The van der Waals surface area contributed by atoms with Gasteiger partial charge in [-0.05, 0) is 55.7 Å². The van der Waals surface area contributed by atoms with Crippen molar-refractivity contribution >= 4 is 51.4 Å². The lowest BCUT2D eigenvalue weighted by atomic mass is 9.95. The molecule has 39 heavy (non-hydrogen) atoms. The third kappa shape index (κ3) is 5.76. The lowest BCUT2D eigenvalue weighted by molar-refractivity contribution is -0.156. The second kappa shape index (κ2) is 10.1. The average molecular weight is 590 g/mol. The van der Waals surface area contributed by atoms with E-state index in [0.717, 1.165) is 12.1 Å². The Hall–Kier alpha value is -3.12. The Morgan fingerprint density at radius 2 is 1.79 bits per heavy atom. The highest BCUT2D eigenvalue weighted by molar-refractivity contribution is 7.80. The molecule has 0 radical (unpaired) electrons. The summed E-state index contributed by atoms with van der Waals surface area (Å²) in [7, 11) is 0. The molecule has 0 saturated heterocycles. The molecule has 208 valence electrons.